The lowest BCUT2D eigenvalue weighted by Gasteiger charge is -2.23. The van der Waals surface area contributed by atoms with Gasteiger partial charge in [0.25, 0.3) is 5.69 Å². The summed E-state index contributed by atoms with van der Waals surface area (Å²) in [5, 5.41) is 23.1. The van der Waals surface area contributed by atoms with Crippen molar-refractivity contribution >= 4 is 17.3 Å². The second-order valence-corrected chi connectivity index (χ2v) is 6.44. The number of aliphatic carboxylic acids is 1. The predicted octanol–water partition coefficient (Wildman–Crippen LogP) is 3.45. The van der Waals surface area contributed by atoms with Crippen molar-refractivity contribution in [3.8, 4) is 0 Å². The van der Waals surface area contributed by atoms with Gasteiger partial charge in [-0.2, -0.15) is 0 Å². The molecule has 6 nitrogen and oxygen atoms in total. The Hall–Kier alpha value is -2.11. The third-order valence-corrected chi connectivity index (χ3v) is 3.17. The number of aryl methyl sites for hydroxylation is 1. The van der Waals surface area contributed by atoms with Crippen LogP contribution in [-0.4, -0.2) is 22.5 Å². The van der Waals surface area contributed by atoms with Gasteiger partial charge in [0, 0.05) is 23.9 Å². The van der Waals surface area contributed by atoms with Crippen LogP contribution >= 0.6 is 0 Å². The van der Waals surface area contributed by atoms with Crippen molar-refractivity contribution < 1.29 is 14.8 Å². The van der Waals surface area contributed by atoms with Crippen LogP contribution in [0.15, 0.2) is 18.2 Å². The molecule has 0 spiro atoms. The molecule has 0 heterocycles. The molecule has 6 heteroatoms. The Balaban J connectivity index is 2.79. The molecule has 21 heavy (non-hydrogen) atoms. The number of hydrogen-bond acceptors (Lipinski definition) is 4. The molecule has 1 unspecified atom stereocenters. The average Bonchev–Trinajstić information content (AvgIpc) is 2.34. The Kier molecular flexibility index (Phi) is 5.29. The summed E-state index contributed by atoms with van der Waals surface area (Å²) in [4.78, 5) is 21.7. The second-order valence-electron chi connectivity index (χ2n) is 6.44. The number of hydrogen-bond donors (Lipinski definition) is 2. The summed E-state index contributed by atoms with van der Waals surface area (Å²) in [6.45, 7) is 7.87. The second kappa shape index (κ2) is 6.56. The van der Waals surface area contributed by atoms with Gasteiger partial charge in [0.15, 0.2) is 0 Å². The van der Waals surface area contributed by atoms with E-state index in [1.54, 1.807) is 19.1 Å². The summed E-state index contributed by atoms with van der Waals surface area (Å²) in [6, 6.07) is 4.81. The molecule has 0 saturated carbocycles. The summed E-state index contributed by atoms with van der Waals surface area (Å²) >= 11 is 0. The van der Waals surface area contributed by atoms with Crippen molar-refractivity contribution in [1.82, 2.24) is 0 Å². The molecule has 0 fully saturated rings. The fourth-order valence-electron chi connectivity index (χ4n) is 2.14. The van der Waals surface area contributed by atoms with Gasteiger partial charge in [0.1, 0.15) is 0 Å². The largest absolute Gasteiger partial charge is 0.481 e. The number of nitrogens with zero attached hydrogens (tertiary/aromatic N) is 1. The van der Waals surface area contributed by atoms with Gasteiger partial charge >= 0.3 is 5.97 Å². The third kappa shape index (κ3) is 5.41. The Bertz CT molecular complexity index is 535. The van der Waals surface area contributed by atoms with Crippen molar-refractivity contribution in [2.24, 2.45) is 11.3 Å². The standard InChI is InChI=1S/C15H22N2O4/c1-10-5-6-12(7-13(10)17(20)21)16-9-11(14(18)19)8-15(2,3)4/h5-7,11,16H,8-9H2,1-4H3,(H,18,19). The molecule has 0 aliphatic carbocycles. The molecule has 1 atom stereocenters. The fourth-order valence-corrected chi connectivity index (χ4v) is 2.14. The number of nitrogens with one attached hydrogen (secondary N) is 1. The Morgan fingerprint density at radius 2 is 2.05 bits per heavy atom. The number of carboxylic acids is 1. The molecule has 0 aromatic heterocycles. The molecule has 1 rings (SSSR count). The molecule has 0 saturated heterocycles. The summed E-state index contributed by atoms with van der Waals surface area (Å²) in [7, 11) is 0. The van der Waals surface area contributed by atoms with Crippen LogP contribution < -0.4 is 5.32 Å². The number of anilines is 1. The highest BCUT2D eigenvalue weighted by Crippen LogP contribution is 2.26. The highest BCUT2D eigenvalue weighted by Gasteiger charge is 2.24. The number of nitro benzene ring substituents is 1. The van der Waals surface area contributed by atoms with E-state index >= 15 is 0 Å². The van der Waals surface area contributed by atoms with Gasteiger partial charge in [-0.3, -0.25) is 14.9 Å². The van der Waals surface area contributed by atoms with Crippen LogP contribution in [0.2, 0.25) is 0 Å². The Labute approximate surface area is 124 Å². The summed E-state index contributed by atoms with van der Waals surface area (Å²) in [5.41, 5.74) is 1.08. The molecular weight excluding hydrogens is 272 g/mol. The molecule has 0 amide bonds. The maximum absolute atomic E-state index is 11.3. The maximum atomic E-state index is 11.3. The van der Waals surface area contributed by atoms with Crippen LogP contribution in [0.3, 0.4) is 0 Å². The molecule has 0 radical (unpaired) electrons. The van der Waals surface area contributed by atoms with Gasteiger partial charge in [0.2, 0.25) is 0 Å². The summed E-state index contributed by atoms with van der Waals surface area (Å²) < 4.78 is 0. The lowest BCUT2D eigenvalue weighted by Crippen LogP contribution is -2.27. The first-order valence-electron chi connectivity index (χ1n) is 6.82. The highest BCUT2D eigenvalue weighted by atomic mass is 16.6. The van der Waals surface area contributed by atoms with Crippen molar-refractivity contribution in [3.63, 3.8) is 0 Å². The summed E-state index contributed by atoms with van der Waals surface area (Å²) in [6.07, 6.45) is 0.531. The van der Waals surface area contributed by atoms with E-state index in [0.717, 1.165) is 0 Å². The zero-order valence-electron chi connectivity index (χ0n) is 12.8. The zero-order chi connectivity index (χ0) is 16.2. The van der Waals surface area contributed by atoms with Gasteiger partial charge in [-0.15, -0.1) is 0 Å². The van der Waals surface area contributed by atoms with Crippen LogP contribution in [0.1, 0.15) is 32.8 Å². The number of benzene rings is 1. The van der Waals surface area contributed by atoms with Crippen molar-refractivity contribution in [2.45, 2.75) is 34.1 Å². The van der Waals surface area contributed by atoms with Crippen molar-refractivity contribution in [1.29, 1.82) is 0 Å². The summed E-state index contributed by atoms with van der Waals surface area (Å²) in [5.74, 6) is -1.40. The number of rotatable bonds is 6. The fraction of sp³-hybridized carbons (Fsp3) is 0.533. The van der Waals surface area contributed by atoms with Gasteiger partial charge in [0.05, 0.1) is 10.8 Å². The quantitative estimate of drug-likeness (QED) is 0.619. The first kappa shape index (κ1) is 16.9. The molecule has 0 aliphatic rings. The van der Waals surface area contributed by atoms with Crippen molar-refractivity contribution in [3.05, 3.63) is 33.9 Å². The van der Waals surface area contributed by atoms with E-state index in [9.17, 15) is 20.0 Å². The maximum Gasteiger partial charge on any atom is 0.308 e. The Morgan fingerprint density at radius 1 is 1.43 bits per heavy atom. The van der Waals surface area contributed by atoms with Gasteiger partial charge in [-0.1, -0.05) is 26.8 Å². The van der Waals surface area contributed by atoms with E-state index in [2.05, 4.69) is 5.32 Å². The predicted molar refractivity (Wildman–Crippen MR) is 81.5 cm³/mol. The van der Waals surface area contributed by atoms with E-state index in [0.29, 0.717) is 17.7 Å². The lowest BCUT2D eigenvalue weighted by molar-refractivity contribution is -0.385. The average molecular weight is 294 g/mol. The van der Waals surface area contributed by atoms with Crippen LogP contribution in [0, 0.1) is 28.4 Å². The SMILES string of the molecule is Cc1ccc(NCC(CC(C)(C)C)C(=O)O)cc1[N+](=O)[O-]. The van der Waals surface area contributed by atoms with Crippen LogP contribution in [0.4, 0.5) is 11.4 Å². The monoisotopic (exact) mass is 294 g/mol. The molecular formula is C15H22N2O4. The molecule has 1 aromatic carbocycles. The first-order valence-corrected chi connectivity index (χ1v) is 6.82. The van der Waals surface area contributed by atoms with Crippen LogP contribution in [0.5, 0.6) is 0 Å². The minimum Gasteiger partial charge on any atom is -0.481 e. The molecule has 116 valence electrons. The van der Waals surface area contributed by atoms with E-state index in [1.807, 2.05) is 20.8 Å². The smallest absolute Gasteiger partial charge is 0.308 e. The first-order chi connectivity index (χ1) is 9.60. The molecule has 0 bridgehead atoms. The highest BCUT2D eigenvalue weighted by molar-refractivity contribution is 5.71. The van der Waals surface area contributed by atoms with Crippen LogP contribution in [0.25, 0.3) is 0 Å². The topological polar surface area (TPSA) is 92.5 Å². The number of carboxylic acid groups (broad SMARTS) is 1. The minimum atomic E-state index is -0.862. The number of carbonyl (C=O) groups is 1. The van der Waals surface area contributed by atoms with E-state index in [4.69, 9.17) is 0 Å². The van der Waals surface area contributed by atoms with E-state index in [1.165, 1.54) is 6.07 Å². The van der Waals surface area contributed by atoms with E-state index < -0.39 is 16.8 Å². The van der Waals surface area contributed by atoms with E-state index in [-0.39, 0.29) is 17.6 Å². The molecule has 1 aromatic rings. The normalized spacial score (nSPS) is 12.8. The zero-order valence-corrected chi connectivity index (χ0v) is 12.8. The molecule has 0 aliphatic heterocycles. The lowest BCUT2D eigenvalue weighted by atomic mass is 9.84. The Morgan fingerprint density at radius 3 is 2.52 bits per heavy atom. The minimum absolute atomic E-state index is 0.0303. The van der Waals surface area contributed by atoms with Gasteiger partial charge < -0.3 is 10.4 Å². The van der Waals surface area contributed by atoms with Gasteiger partial charge in [-0.25, -0.2) is 0 Å². The van der Waals surface area contributed by atoms with Crippen LogP contribution in [-0.2, 0) is 4.79 Å². The molecule has 2 N–H and O–H groups in total. The third-order valence-electron chi connectivity index (χ3n) is 3.17. The van der Waals surface area contributed by atoms with Gasteiger partial charge in [-0.05, 0) is 24.8 Å². The van der Waals surface area contributed by atoms with Crippen molar-refractivity contribution in [2.75, 3.05) is 11.9 Å². The number of nitro groups is 1.